The molecule has 0 aliphatic heterocycles. The molecule has 1 unspecified atom stereocenters. The Hall–Kier alpha value is -1.74. The number of fused-ring (bicyclic) bond motifs is 1. The third-order valence-corrected chi connectivity index (χ3v) is 3.65. The van der Waals surface area contributed by atoms with Crippen LogP contribution in [0.1, 0.15) is 29.7 Å². The van der Waals surface area contributed by atoms with E-state index in [4.69, 9.17) is 4.42 Å². The number of phenolic OH excluding ortho intramolecular Hbond substituents is 1. The van der Waals surface area contributed by atoms with E-state index in [-0.39, 0.29) is 5.75 Å². The number of aliphatic hydroxyl groups is 1. The molecule has 3 heteroatoms. The lowest BCUT2D eigenvalue weighted by Crippen LogP contribution is -2.32. The molecule has 3 nitrogen and oxygen atoms in total. The lowest BCUT2D eigenvalue weighted by atomic mass is 9.79. The van der Waals surface area contributed by atoms with Crippen molar-refractivity contribution >= 4 is 0 Å². The second kappa shape index (κ2) is 4.18. The topological polar surface area (TPSA) is 53.6 Å². The molecule has 1 aliphatic carbocycles. The standard InChI is InChI=1S/C15H16O3/c16-12-4-1-3-11(9-12)10-15(17)7-2-5-14-13(15)6-8-18-14/h1,3-4,6,8-9,16-17H,2,5,7,10H2. The van der Waals surface area contributed by atoms with E-state index in [1.165, 1.54) is 0 Å². The van der Waals surface area contributed by atoms with Crippen molar-refractivity contribution in [2.75, 3.05) is 0 Å². The van der Waals surface area contributed by atoms with Crippen molar-refractivity contribution < 1.29 is 14.6 Å². The monoisotopic (exact) mass is 244 g/mol. The summed E-state index contributed by atoms with van der Waals surface area (Å²) in [4.78, 5) is 0. The Kier molecular flexibility index (Phi) is 2.63. The SMILES string of the molecule is Oc1cccc(CC2(O)CCCc3occc32)c1. The Labute approximate surface area is 106 Å². The van der Waals surface area contributed by atoms with Gasteiger partial charge in [0, 0.05) is 18.4 Å². The van der Waals surface area contributed by atoms with E-state index in [0.29, 0.717) is 6.42 Å². The summed E-state index contributed by atoms with van der Waals surface area (Å²) >= 11 is 0. The van der Waals surface area contributed by atoms with Crippen LogP contribution in [0, 0.1) is 0 Å². The molecule has 1 aromatic carbocycles. The summed E-state index contributed by atoms with van der Waals surface area (Å²) in [6.07, 6.45) is 4.70. The van der Waals surface area contributed by atoms with E-state index < -0.39 is 5.60 Å². The number of rotatable bonds is 2. The number of hydrogen-bond acceptors (Lipinski definition) is 3. The van der Waals surface area contributed by atoms with Crippen molar-refractivity contribution in [1.82, 2.24) is 0 Å². The molecule has 0 amide bonds. The van der Waals surface area contributed by atoms with Crippen LogP contribution in [0.5, 0.6) is 5.75 Å². The third-order valence-electron chi connectivity index (χ3n) is 3.65. The van der Waals surface area contributed by atoms with Gasteiger partial charge in [0.25, 0.3) is 0 Å². The summed E-state index contributed by atoms with van der Waals surface area (Å²) in [6.45, 7) is 0. The molecule has 1 aliphatic rings. The van der Waals surface area contributed by atoms with E-state index in [1.54, 1.807) is 24.5 Å². The van der Waals surface area contributed by atoms with Crippen LogP contribution >= 0.6 is 0 Å². The van der Waals surface area contributed by atoms with Gasteiger partial charge >= 0.3 is 0 Å². The predicted octanol–water partition coefficient (Wildman–Crippen LogP) is 2.75. The Balaban J connectivity index is 1.93. The largest absolute Gasteiger partial charge is 0.508 e. The van der Waals surface area contributed by atoms with E-state index in [1.807, 2.05) is 12.1 Å². The van der Waals surface area contributed by atoms with Crippen molar-refractivity contribution in [3.05, 3.63) is 53.5 Å². The molecule has 0 radical (unpaired) electrons. The summed E-state index contributed by atoms with van der Waals surface area (Å²) in [7, 11) is 0. The van der Waals surface area contributed by atoms with Gasteiger partial charge in [-0.3, -0.25) is 0 Å². The fraction of sp³-hybridized carbons (Fsp3) is 0.333. The van der Waals surface area contributed by atoms with Crippen molar-refractivity contribution in [3.8, 4) is 5.75 Å². The summed E-state index contributed by atoms with van der Waals surface area (Å²) in [6, 6.07) is 8.92. The lowest BCUT2D eigenvalue weighted by Gasteiger charge is -2.31. The Bertz CT molecular complexity index is 558. The molecule has 0 fully saturated rings. The molecule has 1 atom stereocenters. The van der Waals surface area contributed by atoms with E-state index in [0.717, 1.165) is 36.1 Å². The van der Waals surface area contributed by atoms with Crippen molar-refractivity contribution in [1.29, 1.82) is 0 Å². The average Bonchev–Trinajstić information content (AvgIpc) is 2.78. The first-order valence-corrected chi connectivity index (χ1v) is 6.24. The van der Waals surface area contributed by atoms with Crippen molar-refractivity contribution in [2.24, 2.45) is 0 Å². The number of phenols is 1. The van der Waals surface area contributed by atoms with Crippen LogP contribution in [-0.4, -0.2) is 10.2 Å². The van der Waals surface area contributed by atoms with Gasteiger partial charge in [-0.25, -0.2) is 0 Å². The van der Waals surface area contributed by atoms with E-state index in [2.05, 4.69) is 0 Å². The average molecular weight is 244 g/mol. The molecule has 0 saturated carbocycles. The molecule has 0 saturated heterocycles. The van der Waals surface area contributed by atoms with E-state index in [9.17, 15) is 10.2 Å². The molecule has 94 valence electrons. The quantitative estimate of drug-likeness (QED) is 0.854. The molecule has 18 heavy (non-hydrogen) atoms. The first-order valence-electron chi connectivity index (χ1n) is 6.24. The van der Waals surface area contributed by atoms with Gasteiger partial charge in [0.15, 0.2) is 0 Å². The number of aromatic hydroxyl groups is 1. The maximum absolute atomic E-state index is 10.8. The second-order valence-electron chi connectivity index (χ2n) is 4.99. The molecule has 0 bridgehead atoms. The normalized spacial score (nSPS) is 22.7. The number of aryl methyl sites for hydroxylation is 1. The van der Waals surface area contributed by atoms with Crippen LogP contribution in [0.2, 0.25) is 0 Å². The highest BCUT2D eigenvalue weighted by atomic mass is 16.3. The Morgan fingerprint density at radius 1 is 1.28 bits per heavy atom. The van der Waals surface area contributed by atoms with Gasteiger partial charge < -0.3 is 14.6 Å². The Morgan fingerprint density at radius 2 is 2.17 bits per heavy atom. The lowest BCUT2D eigenvalue weighted by molar-refractivity contribution is 0.0168. The molecule has 0 spiro atoms. The first kappa shape index (κ1) is 11.4. The van der Waals surface area contributed by atoms with Crippen LogP contribution in [-0.2, 0) is 18.4 Å². The highest BCUT2D eigenvalue weighted by Crippen LogP contribution is 2.38. The minimum absolute atomic E-state index is 0.235. The number of hydrogen-bond donors (Lipinski definition) is 2. The summed E-state index contributed by atoms with van der Waals surface area (Å²) in [5, 5.41) is 20.3. The van der Waals surface area contributed by atoms with Crippen LogP contribution in [0.4, 0.5) is 0 Å². The smallest absolute Gasteiger partial charge is 0.115 e. The van der Waals surface area contributed by atoms with Gasteiger partial charge in [0.2, 0.25) is 0 Å². The van der Waals surface area contributed by atoms with Crippen LogP contribution in [0.25, 0.3) is 0 Å². The highest BCUT2D eigenvalue weighted by Gasteiger charge is 2.36. The zero-order chi connectivity index (χ0) is 12.6. The fourth-order valence-electron chi connectivity index (χ4n) is 2.81. The van der Waals surface area contributed by atoms with Gasteiger partial charge in [-0.05, 0) is 36.6 Å². The molecular formula is C15H16O3. The van der Waals surface area contributed by atoms with Gasteiger partial charge in [0.05, 0.1) is 11.9 Å². The second-order valence-corrected chi connectivity index (χ2v) is 4.99. The Morgan fingerprint density at radius 3 is 3.00 bits per heavy atom. The van der Waals surface area contributed by atoms with Crippen LogP contribution in [0.3, 0.4) is 0 Å². The minimum atomic E-state index is -0.867. The van der Waals surface area contributed by atoms with Crippen LogP contribution in [0.15, 0.2) is 41.0 Å². The molecule has 2 N–H and O–H groups in total. The molecule has 1 aromatic heterocycles. The summed E-state index contributed by atoms with van der Waals surface area (Å²) < 4.78 is 5.40. The molecular weight excluding hydrogens is 228 g/mol. The third kappa shape index (κ3) is 1.91. The molecule has 3 rings (SSSR count). The predicted molar refractivity (Wildman–Crippen MR) is 67.4 cm³/mol. The maximum atomic E-state index is 10.8. The van der Waals surface area contributed by atoms with Crippen LogP contribution < -0.4 is 0 Å². The van der Waals surface area contributed by atoms with E-state index >= 15 is 0 Å². The fourth-order valence-corrected chi connectivity index (χ4v) is 2.81. The van der Waals surface area contributed by atoms with Crippen molar-refractivity contribution in [2.45, 2.75) is 31.3 Å². The number of furan rings is 1. The zero-order valence-corrected chi connectivity index (χ0v) is 10.1. The van der Waals surface area contributed by atoms with Gasteiger partial charge in [-0.2, -0.15) is 0 Å². The minimum Gasteiger partial charge on any atom is -0.508 e. The highest BCUT2D eigenvalue weighted by molar-refractivity contribution is 5.33. The molecule has 2 aromatic rings. The van der Waals surface area contributed by atoms with Crippen molar-refractivity contribution in [3.63, 3.8) is 0 Å². The molecule has 1 heterocycles. The summed E-state index contributed by atoms with van der Waals surface area (Å²) in [5.41, 5.74) is 0.970. The zero-order valence-electron chi connectivity index (χ0n) is 10.1. The number of benzene rings is 1. The van der Waals surface area contributed by atoms with Gasteiger partial charge in [0.1, 0.15) is 11.5 Å². The maximum Gasteiger partial charge on any atom is 0.115 e. The summed E-state index contributed by atoms with van der Waals surface area (Å²) in [5.74, 6) is 1.13. The first-order chi connectivity index (χ1) is 8.67. The van der Waals surface area contributed by atoms with Gasteiger partial charge in [-0.15, -0.1) is 0 Å². The van der Waals surface area contributed by atoms with Gasteiger partial charge in [-0.1, -0.05) is 12.1 Å².